The Bertz CT molecular complexity index is 560. The molecule has 0 N–H and O–H groups in total. The van der Waals surface area contributed by atoms with Gasteiger partial charge in [0.05, 0.1) is 12.2 Å². The van der Waals surface area contributed by atoms with Crippen LogP contribution in [0.25, 0.3) is 0 Å². The van der Waals surface area contributed by atoms with Crippen molar-refractivity contribution >= 4 is 12.6 Å². The zero-order chi connectivity index (χ0) is 15.5. The summed E-state index contributed by atoms with van der Waals surface area (Å²) in [6.07, 6.45) is 2.48. The molecule has 0 atom stereocenters. The van der Waals surface area contributed by atoms with Crippen molar-refractivity contribution in [1.29, 1.82) is 0 Å². The van der Waals surface area contributed by atoms with E-state index in [0.29, 0.717) is 6.61 Å². The van der Waals surface area contributed by atoms with Crippen LogP contribution in [0.1, 0.15) is 65.5 Å². The third-order valence-electron chi connectivity index (χ3n) is 5.16. The summed E-state index contributed by atoms with van der Waals surface area (Å²) >= 11 is 0. The lowest BCUT2D eigenvalue weighted by atomic mass is 9.61. The van der Waals surface area contributed by atoms with Crippen molar-refractivity contribution in [2.45, 2.75) is 70.8 Å². The van der Waals surface area contributed by atoms with Gasteiger partial charge in [-0.3, -0.25) is 0 Å². The molecule has 0 aromatic heterocycles. The third kappa shape index (κ3) is 2.66. The second-order valence-electron chi connectivity index (χ2n) is 8.59. The molecule has 0 saturated carbocycles. The van der Waals surface area contributed by atoms with Gasteiger partial charge in [0.25, 0.3) is 0 Å². The average molecular weight is 286 g/mol. The van der Waals surface area contributed by atoms with E-state index in [4.69, 9.17) is 9.31 Å². The van der Waals surface area contributed by atoms with Crippen molar-refractivity contribution in [3.63, 3.8) is 0 Å². The lowest BCUT2D eigenvalue weighted by Crippen LogP contribution is -2.39. The first-order chi connectivity index (χ1) is 9.61. The summed E-state index contributed by atoms with van der Waals surface area (Å²) in [7, 11) is -0.217. The van der Waals surface area contributed by atoms with Crippen LogP contribution in [0.2, 0.25) is 0 Å². The number of benzene rings is 1. The molecule has 114 valence electrons. The third-order valence-corrected chi connectivity index (χ3v) is 5.16. The van der Waals surface area contributed by atoms with Crippen LogP contribution >= 0.6 is 0 Å². The molecule has 1 aliphatic carbocycles. The molecule has 3 heteroatoms. The first-order valence-corrected chi connectivity index (χ1v) is 8.05. The molecule has 2 nitrogen and oxygen atoms in total. The highest BCUT2D eigenvalue weighted by molar-refractivity contribution is 6.61. The molecule has 2 aliphatic rings. The van der Waals surface area contributed by atoms with Crippen LogP contribution in [0.3, 0.4) is 0 Å². The van der Waals surface area contributed by atoms with E-state index in [1.165, 1.54) is 24.0 Å². The van der Waals surface area contributed by atoms with Gasteiger partial charge < -0.3 is 9.31 Å². The fourth-order valence-electron chi connectivity index (χ4n) is 3.55. The minimum Gasteiger partial charge on any atom is -0.404 e. The first kappa shape index (κ1) is 15.1. The predicted molar refractivity (Wildman–Crippen MR) is 88.2 cm³/mol. The number of fused-ring (bicyclic) bond motifs is 1. The van der Waals surface area contributed by atoms with Gasteiger partial charge in [-0.2, -0.15) is 0 Å². The number of hydrogen-bond donors (Lipinski definition) is 0. The number of hydrogen-bond acceptors (Lipinski definition) is 2. The van der Waals surface area contributed by atoms with E-state index >= 15 is 0 Å². The Morgan fingerprint density at radius 2 is 1.52 bits per heavy atom. The van der Waals surface area contributed by atoms with Crippen LogP contribution < -0.4 is 5.46 Å². The molecule has 1 aliphatic heterocycles. The van der Waals surface area contributed by atoms with Gasteiger partial charge in [-0.15, -0.1) is 0 Å². The molecule has 1 saturated heterocycles. The Labute approximate surface area is 129 Å². The van der Waals surface area contributed by atoms with Crippen molar-refractivity contribution in [2.24, 2.45) is 0 Å². The van der Waals surface area contributed by atoms with E-state index < -0.39 is 0 Å². The molecule has 3 rings (SSSR count). The van der Waals surface area contributed by atoms with Crippen molar-refractivity contribution in [2.75, 3.05) is 6.61 Å². The van der Waals surface area contributed by atoms with Gasteiger partial charge in [-0.25, -0.2) is 0 Å². The van der Waals surface area contributed by atoms with E-state index in [2.05, 4.69) is 59.7 Å². The Balaban J connectivity index is 2.01. The quantitative estimate of drug-likeness (QED) is 0.735. The summed E-state index contributed by atoms with van der Waals surface area (Å²) < 4.78 is 11.9. The van der Waals surface area contributed by atoms with Crippen molar-refractivity contribution in [3.8, 4) is 0 Å². The Morgan fingerprint density at radius 1 is 0.905 bits per heavy atom. The number of rotatable bonds is 1. The standard InChI is InChI=1S/C18H27BO2/c1-16(2)9-10-17(3,4)15-11-13(7-8-14(15)16)19-20-12-18(5,6)21-19/h7-8,11H,9-10,12H2,1-6H3. The van der Waals surface area contributed by atoms with E-state index in [9.17, 15) is 0 Å². The summed E-state index contributed by atoms with van der Waals surface area (Å²) in [4.78, 5) is 0. The highest BCUT2D eigenvalue weighted by Gasteiger charge is 2.41. The fraction of sp³-hybridized carbons (Fsp3) is 0.667. The molecule has 21 heavy (non-hydrogen) atoms. The van der Waals surface area contributed by atoms with Gasteiger partial charge in [0.1, 0.15) is 0 Å². The fourth-order valence-corrected chi connectivity index (χ4v) is 3.55. The van der Waals surface area contributed by atoms with Crippen molar-refractivity contribution in [3.05, 3.63) is 29.3 Å². The second-order valence-corrected chi connectivity index (χ2v) is 8.59. The smallest absolute Gasteiger partial charge is 0.404 e. The molecule has 0 amide bonds. The minimum absolute atomic E-state index is 0.185. The van der Waals surface area contributed by atoms with Crippen LogP contribution in [0.5, 0.6) is 0 Å². The summed E-state index contributed by atoms with van der Waals surface area (Å²) in [6, 6.07) is 6.81. The molecular weight excluding hydrogens is 259 g/mol. The van der Waals surface area contributed by atoms with Crippen molar-refractivity contribution in [1.82, 2.24) is 0 Å². The normalized spacial score (nSPS) is 25.7. The largest absolute Gasteiger partial charge is 0.494 e. The molecule has 1 fully saturated rings. The molecule has 0 unspecified atom stereocenters. The van der Waals surface area contributed by atoms with Gasteiger partial charge in [0, 0.05) is 0 Å². The maximum absolute atomic E-state index is 6.02. The van der Waals surface area contributed by atoms with Gasteiger partial charge in [-0.1, -0.05) is 45.9 Å². The first-order valence-electron chi connectivity index (χ1n) is 8.05. The van der Waals surface area contributed by atoms with Crippen LogP contribution in [0.15, 0.2) is 18.2 Å². The van der Waals surface area contributed by atoms with Gasteiger partial charge in [0.2, 0.25) is 0 Å². The molecule has 0 bridgehead atoms. The zero-order valence-electron chi connectivity index (χ0n) is 14.2. The Hall–Kier alpha value is -0.795. The summed E-state index contributed by atoms with van der Waals surface area (Å²) in [5.74, 6) is 0. The highest BCUT2D eigenvalue weighted by Crippen LogP contribution is 2.45. The van der Waals surface area contributed by atoms with Crippen LogP contribution in [0, 0.1) is 0 Å². The summed E-state index contributed by atoms with van der Waals surface area (Å²) in [5.41, 5.74) is 4.42. The summed E-state index contributed by atoms with van der Waals surface area (Å²) in [6.45, 7) is 14.2. The molecule has 0 spiro atoms. The molecular formula is C18H27BO2. The van der Waals surface area contributed by atoms with Gasteiger partial charge in [-0.05, 0) is 54.1 Å². The average Bonchev–Trinajstić information content (AvgIpc) is 2.75. The highest BCUT2D eigenvalue weighted by atomic mass is 16.7. The lowest BCUT2D eigenvalue weighted by molar-refractivity contribution is 0.137. The Kier molecular flexibility index (Phi) is 3.31. The lowest BCUT2D eigenvalue weighted by Gasteiger charge is -2.42. The monoisotopic (exact) mass is 286 g/mol. The van der Waals surface area contributed by atoms with Crippen LogP contribution in [-0.2, 0) is 20.1 Å². The summed E-state index contributed by atoms with van der Waals surface area (Å²) in [5, 5.41) is 0. The van der Waals surface area contributed by atoms with Crippen LogP contribution in [0.4, 0.5) is 0 Å². The zero-order valence-corrected chi connectivity index (χ0v) is 14.2. The predicted octanol–water partition coefficient (Wildman–Crippen LogP) is 3.56. The molecule has 1 heterocycles. The van der Waals surface area contributed by atoms with Crippen LogP contribution in [-0.4, -0.2) is 19.3 Å². The Morgan fingerprint density at radius 3 is 2.10 bits per heavy atom. The van der Waals surface area contributed by atoms with E-state index in [-0.39, 0.29) is 23.5 Å². The SMILES string of the molecule is CC1(C)COB(c2ccc3c(c2)C(C)(C)CCC3(C)C)O1. The van der Waals surface area contributed by atoms with Gasteiger partial charge in [0.15, 0.2) is 0 Å². The topological polar surface area (TPSA) is 18.5 Å². The second kappa shape index (κ2) is 4.60. The maximum atomic E-state index is 6.02. The van der Waals surface area contributed by atoms with Crippen molar-refractivity contribution < 1.29 is 9.31 Å². The minimum atomic E-state index is -0.217. The molecule has 0 radical (unpaired) electrons. The van der Waals surface area contributed by atoms with E-state index in [1.807, 2.05) is 0 Å². The maximum Gasteiger partial charge on any atom is 0.494 e. The van der Waals surface area contributed by atoms with E-state index in [1.54, 1.807) is 0 Å². The van der Waals surface area contributed by atoms with E-state index in [0.717, 1.165) is 5.46 Å². The molecule has 1 aromatic carbocycles. The molecule has 1 aromatic rings. The van der Waals surface area contributed by atoms with Gasteiger partial charge >= 0.3 is 7.12 Å².